The summed E-state index contributed by atoms with van der Waals surface area (Å²) in [4.78, 5) is 11.1. The predicted molar refractivity (Wildman–Crippen MR) is 40.2 cm³/mol. The Morgan fingerprint density at radius 3 is 2.82 bits per heavy atom. The van der Waals surface area contributed by atoms with Crippen LogP contribution in [-0.2, 0) is 14.3 Å². The number of carbonyl (C=O) groups excluding carboxylic acids is 1. The fourth-order valence-electron chi connectivity index (χ4n) is 1.07. The molecule has 1 aliphatic heterocycles. The van der Waals surface area contributed by atoms with Crippen LogP contribution < -0.4 is 0 Å². The maximum atomic E-state index is 11.1. The van der Waals surface area contributed by atoms with Crippen LogP contribution in [0.15, 0.2) is 0 Å². The maximum absolute atomic E-state index is 11.1. The second-order valence-electron chi connectivity index (χ2n) is 2.99. The number of hydrogen-bond donors (Lipinski definition) is 0. The minimum absolute atomic E-state index is 0.0355. The summed E-state index contributed by atoms with van der Waals surface area (Å²) in [6.07, 6.45) is 1.45. The van der Waals surface area contributed by atoms with Gasteiger partial charge in [-0.25, -0.2) is 4.79 Å². The molecule has 1 aliphatic rings. The van der Waals surface area contributed by atoms with Crippen molar-refractivity contribution < 1.29 is 14.3 Å². The van der Waals surface area contributed by atoms with Crippen molar-refractivity contribution >= 4 is 5.97 Å². The summed E-state index contributed by atoms with van der Waals surface area (Å²) in [6, 6.07) is 0. The first-order valence-corrected chi connectivity index (χ1v) is 4.02. The van der Waals surface area contributed by atoms with Crippen LogP contribution in [0, 0.1) is 0 Å². The van der Waals surface area contributed by atoms with Crippen LogP contribution in [0.1, 0.15) is 26.7 Å². The number of esters is 1. The second-order valence-corrected chi connectivity index (χ2v) is 2.99. The first-order chi connectivity index (χ1) is 5.20. The predicted octanol–water partition coefficient (Wildman–Crippen LogP) is 1.12. The zero-order valence-corrected chi connectivity index (χ0v) is 7.00. The smallest absolute Gasteiger partial charge is 0.335 e. The third-order valence-electron chi connectivity index (χ3n) is 1.54. The fraction of sp³-hybridized carbons (Fsp3) is 0.875. The van der Waals surface area contributed by atoms with Gasteiger partial charge in [0, 0.05) is 6.61 Å². The number of ether oxygens (including phenoxy) is 2. The van der Waals surface area contributed by atoms with E-state index in [9.17, 15) is 4.79 Å². The van der Waals surface area contributed by atoms with Crippen molar-refractivity contribution in [3.8, 4) is 0 Å². The highest BCUT2D eigenvalue weighted by atomic mass is 16.6. The molecule has 0 aromatic heterocycles. The average Bonchev–Trinajstić information content (AvgIpc) is 2.35. The van der Waals surface area contributed by atoms with Gasteiger partial charge in [-0.3, -0.25) is 0 Å². The zero-order valence-electron chi connectivity index (χ0n) is 7.00. The van der Waals surface area contributed by atoms with Crippen molar-refractivity contribution in [3.63, 3.8) is 0 Å². The molecule has 0 radical (unpaired) electrons. The largest absolute Gasteiger partial charge is 0.461 e. The molecule has 1 fully saturated rings. The van der Waals surface area contributed by atoms with E-state index in [-0.39, 0.29) is 18.2 Å². The van der Waals surface area contributed by atoms with Crippen LogP contribution in [0.3, 0.4) is 0 Å². The van der Waals surface area contributed by atoms with Gasteiger partial charge in [-0.15, -0.1) is 0 Å². The van der Waals surface area contributed by atoms with Crippen molar-refractivity contribution in [2.75, 3.05) is 6.61 Å². The molecule has 0 aromatic carbocycles. The Balaban J connectivity index is 2.28. The molecule has 0 aromatic rings. The zero-order chi connectivity index (χ0) is 8.27. The molecule has 1 heterocycles. The Bertz CT molecular complexity index is 136. The van der Waals surface area contributed by atoms with Gasteiger partial charge in [-0.05, 0) is 26.7 Å². The third kappa shape index (κ3) is 2.50. The molecule has 0 saturated carbocycles. The SMILES string of the molecule is CC(C)OC(=O)[C@@H]1CCCO1. The van der Waals surface area contributed by atoms with E-state index in [0.29, 0.717) is 6.61 Å². The van der Waals surface area contributed by atoms with Crippen LogP contribution >= 0.6 is 0 Å². The monoisotopic (exact) mass is 158 g/mol. The van der Waals surface area contributed by atoms with Crippen molar-refractivity contribution in [1.82, 2.24) is 0 Å². The van der Waals surface area contributed by atoms with Crippen LogP contribution in [0.25, 0.3) is 0 Å². The third-order valence-corrected chi connectivity index (χ3v) is 1.54. The molecule has 1 rings (SSSR count). The van der Waals surface area contributed by atoms with Crippen LogP contribution in [-0.4, -0.2) is 24.8 Å². The molecule has 3 heteroatoms. The summed E-state index contributed by atoms with van der Waals surface area (Å²) < 4.78 is 10.1. The van der Waals surface area contributed by atoms with Gasteiger partial charge in [0.2, 0.25) is 0 Å². The van der Waals surface area contributed by atoms with E-state index < -0.39 is 0 Å². The molecule has 0 unspecified atom stereocenters. The van der Waals surface area contributed by atoms with Crippen LogP contribution in [0.4, 0.5) is 0 Å². The van der Waals surface area contributed by atoms with E-state index in [2.05, 4.69) is 0 Å². The molecule has 64 valence electrons. The molecule has 0 bridgehead atoms. The molecule has 11 heavy (non-hydrogen) atoms. The topological polar surface area (TPSA) is 35.5 Å². The van der Waals surface area contributed by atoms with Gasteiger partial charge in [0.1, 0.15) is 0 Å². The molecule has 0 aliphatic carbocycles. The minimum atomic E-state index is -0.294. The number of carbonyl (C=O) groups is 1. The lowest BCUT2D eigenvalue weighted by molar-refractivity contribution is -0.158. The van der Waals surface area contributed by atoms with Crippen LogP contribution in [0.5, 0.6) is 0 Å². The van der Waals surface area contributed by atoms with Crippen LogP contribution in [0.2, 0.25) is 0 Å². The lowest BCUT2D eigenvalue weighted by Crippen LogP contribution is -2.24. The molecule has 0 N–H and O–H groups in total. The normalized spacial score (nSPS) is 24.1. The summed E-state index contributed by atoms with van der Waals surface area (Å²) >= 11 is 0. The molecule has 0 spiro atoms. The summed E-state index contributed by atoms with van der Waals surface area (Å²) in [6.45, 7) is 4.37. The number of rotatable bonds is 2. The summed E-state index contributed by atoms with van der Waals surface area (Å²) in [5, 5.41) is 0. The van der Waals surface area contributed by atoms with Crippen molar-refractivity contribution in [3.05, 3.63) is 0 Å². The molecule has 1 atom stereocenters. The maximum Gasteiger partial charge on any atom is 0.335 e. The molecule has 1 saturated heterocycles. The molecule has 0 amide bonds. The van der Waals surface area contributed by atoms with E-state index in [1.807, 2.05) is 13.8 Å². The highest BCUT2D eigenvalue weighted by molar-refractivity contribution is 5.75. The Kier molecular flexibility index (Phi) is 2.88. The minimum Gasteiger partial charge on any atom is -0.461 e. The van der Waals surface area contributed by atoms with E-state index in [1.165, 1.54) is 0 Å². The fourth-order valence-corrected chi connectivity index (χ4v) is 1.07. The highest BCUT2D eigenvalue weighted by Gasteiger charge is 2.25. The van der Waals surface area contributed by atoms with Gasteiger partial charge in [-0.1, -0.05) is 0 Å². The highest BCUT2D eigenvalue weighted by Crippen LogP contribution is 2.13. The van der Waals surface area contributed by atoms with E-state index >= 15 is 0 Å². The standard InChI is InChI=1S/C8H14O3/c1-6(2)11-8(9)7-4-3-5-10-7/h6-7H,3-5H2,1-2H3/t7-/m0/s1. The van der Waals surface area contributed by atoms with Gasteiger partial charge >= 0.3 is 5.97 Å². The van der Waals surface area contributed by atoms with Gasteiger partial charge in [0.15, 0.2) is 6.10 Å². The Labute approximate surface area is 66.7 Å². The summed E-state index contributed by atoms with van der Waals surface area (Å²) in [5.74, 6) is -0.211. The Morgan fingerprint density at radius 2 is 2.36 bits per heavy atom. The van der Waals surface area contributed by atoms with Crippen molar-refractivity contribution in [2.24, 2.45) is 0 Å². The quantitative estimate of drug-likeness (QED) is 0.565. The number of hydrogen-bond acceptors (Lipinski definition) is 3. The van der Waals surface area contributed by atoms with E-state index in [0.717, 1.165) is 12.8 Å². The van der Waals surface area contributed by atoms with E-state index in [4.69, 9.17) is 9.47 Å². The lowest BCUT2D eigenvalue weighted by atomic mass is 10.2. The first kappa shape index (κ1) is 8.53. The Hall–Kier alpha value is -0.570. The average molecular weight is 158 g/mol. The molecular weight excluding hydrogens is 144 g/mol. The molecular formula is C8H14O3. The van der Waals surface area contributed by atoms with Crippen molar-refractivity contribution in [1.29, 1.82) is 0 Å². The van der Waals surface area contributed by atoms with Gasteiger partial charge in [0.05, 0.1) is 6.10 Å². The molecule has 3 nitrogen and oxygen atoms in total. The lowest BCUT2D eigenvalue weighted by Gasteiger charge is -2.11. The van der Waals surface area contributed by atoms with E-state index in [1.54, 1.807) is 0 Å². The summed E-state index contributed by atoms with van der Waals surface area (Å²) in [7, 11) is 0. The second kappa shape index (κ2) is 3.72. The van der Waals surface area contributed by atoms with Gasteiger partial charge in [-0.2, -0.15) is 0 Å². The Morgan fingerprint density at radius 1 is 1.64 bits per heavy atom. The van der Waals surface area contributed by atoms with Crippen molar-refractivity contribution in [2.45, 2.75) is 38.9 Å². The van der Waals surface area contributed by atoms with Gasteiger partial charge in [0.25, 0.3) is 0 Å². The van der Waals surface area contributed by atoms with Gasteiger partial charge < -0.3 is 9.47 Å². The summed E-state index contributed by atoms with van der Waals surface area (Å²) in [5.41, 5.74) is 0. The first-order valence-electron chi connectivity index (χ1n) is 4.02.